The van der Waals surface area contributed by atoms with Crippen molar-refractivity contribution in [2.45, 2.75) is 0 Å². The Labute approximate surface area is 26.4 Å². The van der Waals surface area contributed by atoms with E-state index in [9.17, 15) is 0 Å². The molecule has 0 bridgehead atoms. The molecule has 4 N–H and O–H groups in total. The van der Waals surface area contributed by atoms with Crippen LogP contribution in [0.25, 0.3) is 0 Å². The molecular formula is CH6BN2. The second kappa shape index (κ2) is 2.98. The number of rotatable bonds is 1. The van der Waals surface area contributed by atoms with Gasteiger partial charge in [0.25, 0.3) is 0 Å². The molecular weight excluding hydrogens is 50.8 g/mol. The van der Waals surface area contributed by atoms with Crippen LogP contribution in [-0.4, -0.2) is 13.9 Å². The van der Waals surface area contributed by atoms with Gasteiger partial charge < -0.3 is 11.4 Å². The van der Waals surface area contributed by atoms with Crippen LogP contribution < -0.4 is 11.4 Å². The fraction of sp³-hybridized carbons (Fsp3) is 1.00. The minimum atomic E-state index is 0.472. The molecule has 0 aliphatic heterocycles. The monoisotopic (exact) mass is 57.1 g/mol. The topological polar surface area (TPSA) is 52.0 Å². The molecule has 2 nitrogen and oxygen atoms in total. The Hall–Kier alpha value is -0.0151. The second-order valence-electron chi connectivity index (χ2n) is 0.471. The van der Waals surface area contributed by atoms with Crippen molar-refractivity contribution >= 4 is 7.41 Å². The van der Waals surface area contributed by atoms with E-state index >= 15 is 0 Å². The first-order chi connectivity index (χ1) is 1.91. The molecule has 0 unspecified atom stereocenters. The molecule has 4 heavy (non-hydrogen) atoms. The van der Waals surface area contributed by atoms with E-state index in [-0.39, 0.29) is 0 Å². The average Bonchev–Trinajstić information content (AvgIpc) is 1.37. The van der Waals surface area contributed by atoms with Gasteiger partial charge in [0.2, 0.25) is 7.41 Å². The predicted octanol–water partition coefficient (Wildman–Crippen LogP) is -1.52. The number of nitrogens with two attached hydrogens (primary N) is 2. The summed E-state index contributed by atoms with van der Waals surface area (Å²) >= 11 is 0. The second-order valence-corrected chi connectivity index (χ2v) is 0.471. The van der Waals surface area contributed by atoms with Gasteiger partial charge in [-0.1, -0.05) is 0 Å². The SMILES string of the molecule is N[B]CN. The first-order valence-corrected chi connectivity index (χ1v) is 1.15. The standard InChI is InChI=1S/CH6BN2/c3-1-2-4/h1,3-4H2. The molecule has 0 saturated heterocycles. The van der Waals surface area contributed by atoms with Crippen molar-refractivity contribution in [2.75, 3.05) is 6.44 Å². The lowest BCUT2D eigenvalue weighted by Crippen LogP contribution is -2.17. The van der Waals surface area contributed by atoms with Gasteiger partial charge in [-0.05, 0) is 6.44 Å². The number of hydrogen-bond acceptors (Lipinski definition) is 2. The molecule has 0 saturated carbocycles. The highest BCUT2D eigenvalue weighted by Gasteiger charge is 1.61. The van der Waals surface area contributed by atoms with E-state index in [0.29, 0.717) is 6.44 Å². The minimum absolute atomic E-state index is 0.472. The van der Waals surface area contributed by atoms with Crippen molar-refractivity contribution in [1.82, 2.24) is 0 Å². The Morgan fingerprint density at radius 3 is 2.00 bits per heavy atom. The third-order valence-corrected chi connectivity index (χ3v) is 0.136. The molecule has 0 heterocycles. The van der Waals surface area contributed by atoms with E-state index in [2.05, 4.69) is 0 Å². The summed E-state index contributed by atoms with van der Waals surface area (Å²) < 4.78 is 0. The summed E-state index contributed by atoms with van der Waals surface area (Å²) in [5, 5.41) is 0. The predicted molar refractivity (Wildman–Crippen MR) is 19.0 cm³/mol. The van der Waals surface area contributed by atoms with Crippen LogP contribution in [0.1, 0.15) is 0 Å². The van der Waals surface area contributed by atoms with Crippen LogP contribution in [0.3, 0.4) is 0 Å². The van der Waals surface area contributed by atoms with Gasteiger partial charge in [0.1, 0.15) is 0 Å². The molecule has 1 radical (unpaired) electrons. The molecule has 0 rings (SSSR count). The lowest BCUT2D eigenvalue weighted by atomic mass is 10.00. The third-order valence-electron chi connectivity index (χ3n) is 0.136. The Morgan fingerprint density at radius 2 is 2.00 bits per heavy atom. The van der Waals surface area contributed by atoms with Crippen LogP contribution in [0.2, 0.25) is 0 Å². The lowest BCUT2D eigenvalue weighted by molar-refractivity contribution is 1.35. The molecule has 23 valence electrons. The van der Waals surface area contributed by atoms with E-state index in [1.165, 1.54) is 7.41 Å². The zero-order chi connectivity index (χ0) is 3.41. The van der Waals surface area contributed by atoms with Crippen LogP contribution in [0.5, 0.6) is 0 Å². The molecule has 3 heteroatoms. The summed E-state index contributed by atoms with van der Waals surface area (Å²) in [4.78, 5) is 0. The summed E-state index contributed by atoms with van der Waals surface area (Å²) in [6.07, 6.45) is 0.472. The van der Waals surface area contributed by atoms with Gasteiger partial charge in [-0.25, -0.2) is 0 Å². The van der Waals surface area contributed by atoms with Crippen molar-refractivity contribution < 1.29 is 0 Å². The minimum Gasteiger partial charge on any atom is -0.373 e. The molecule has 0 aromatic rings. The van der Waals surface area contributed by atoms with Gasteiger partial charge in [-0.2, -0.15) is 0 Å². The largest absolute Gasteiger partial charge is 0.373 e. The Kier molecular flexibility index (Phi) is 2.97. The van der Waals surface area contributed by atoms with E-state index < -0.39 is 0 Å². The van der Waals surface area contributed by atoms with Crippen molar-refractivity contribution in [1.29, 1.82) is 0 Å². The smallest absolute Gasteiger partial charge is 0.217 e. The van der Waals surface area contributed by atoms with Crippen LogP contribution in [0, 0.1) is 0 Å². The van der Waals surface area contributed by atoms with Crippen LogP contribution in [0.4, 0.5) is 0 Å². The highest BCUT2D eigenvalue weighted by molar-refractivity contribution is 6.30. The first-order valence-electron chi connectivity index (χ1n) is 1.15. The van der Waals surface area contributed by atoms with Crippen molar-refractivity contribution in [3.05, 3.63) is 0 Å². The first kappa shape index (κ1) is 3.98. The van der Waals surface area contributed by atoms with Crippen LogP contribution in [-0.2, 0) is 0 Å². The Morgan fingerprint density at radius 1 is 1.75 bits per heavy atom. The van der Waals surface area contributed by atoms with Gasteiger partial charge in [-0.3, -0.25) is 0 Å². The van der Waals surface area contributed by atoms with Crippen molar-refractivity contribution in [3.63, 3.8) is 0 Å². The Bertz CT molecular complexity index is 8.00. The number of hydrogen-bond donors (Lipinski definition) is 2. The van der Waals surface area contributed by atoms with Crippen LogP contribution >= 0.6 is 0 Å². The zero-order valence-electron chi connectivity index (χ0n) is 2.44. The van der Waals surface area contributed by atoms with Gasteiger partial charge in [0.05, 0.1) is 0 Å². The molecule has 0 spiro atoms. The maximum Gasteiger partial charge on any atom is 0.217 e. The molecule has 0 aromatic heterocycles. The molecule has 0 fully saturated rings. The molecule has 0 amide bonds. The van der Waals surface area contributed by atoms with Crippen molar-refractivity contribution in [3.8, 4) is 0 Å². The fourth-order valence-corrected chi connectivity index (χ4v) is 0. The van der Waals surface area contributed by atoms with E-state index in [4.69, 9.17) is 11.4 Å². The van der Waals surface area contributed by atoms with Crippen LogP contribution in [0.15, 0.2) is 0 Å². The summed E-state index contributed by atoms with van der Waals surface area (Å²) in [5.74, 6) is 0. The summed E-state index contributed by atoms with van der Waals surface area (Å²) in [6.45, 7) is 0. The maximum absolute atomic E-state index is 4.85. The highest BCUT2D eigenvalue weighted by atomic mass is 14.5. The van der Waals surface area contributed by atoms with E-state index in [1.54, 1.807) is 0 Å². The van der Waals surface area contributed by atoms with Gasteiger partial charge in [0.15, 0.2) is 0 Å². The zero-order valence-corrected chi connectivity index (χ0v) is 2.44. The highest BCUT2D eigenvalue weighted by Crippen LogP contribution is 1.17. The van der Waals surface area contributed by atoms with Gasteiger partial charge >= 0.3 is 0 Å². The lowest BCUT2D eigenvalue weighted by Gasteiger charge is -1.67. The molecule has 0 aromatic carbocycles. The Balaban J connectivity index is 1.97. The summed E-state index contributed by atoms with van der Waals surface area (Å²) in [7, 11) is 1.40. The quantitative estimate of drug-likeness (QED) is 0.359. The van der Waals surface area contributed by atoms with Crippen molar-refractivity contribution in [2.24, 2.45) is 11.4 Å². The maximum atomic E-state index is 4.85. The average molecular weight is 56.9 g/mol. The fourth-order valence-electron chi connectivity index (χ4n) is 0. The van der Waals surface area contributed by atoms with Gasteiger partial charge in [-0.15, -0.1) is 0 Å². The third kappa shape index (κ3) is 1.98. The summed E-state index contributed by atoms with van der Waals surface area (Å²) in [5.41, 5.74) is 9.62. The molecule has 0 atom stereocenters. The van der Waals surface area contributed by atoms with E-state index in [1.807, 2.05) is 0 Å². The molecule has 0 aliphatic rings. The summed E-state index contributed by atoms with van der Waals surface area (Å²) in [6, 6.07) is 0. The normalized spacial score (nSPS) is 6.50. The molecule has 0 aliphatic carbocycles. The van der Waals surface area contributed by atoms with E-state index in [0.717, 1.165) is 0 Å². The van der Waals surface area contributed by atoms with Gasteiger partial charge in [0, 0.05) is 0 Å².